The molecule has 0 aliphatic carbocycles. The van der Waals surface area contributed by atoms with Crippen molar-refractivity contribution >= 4 is 0 Å². The maximum Gasteiger partial charge on any atom is -0.00489 e. The second-order valence-electron chi connectivity index (χ2n) is 9.00. The van der Waals surface area contributed by atoms with Gasteiger partial charge in [-0.15, -0.1) is 0 Å². The van der Waals surface area contributed by atoms with Crippen LogP contribution in [0.4, 0.5) is 0 Å². The van der Waals surface area contributed by atoms with E-state index in [-0.39, 0.29) is 0 Å². The summed E-state index contributed by atoms with van der Waals surface area (Å²) in [5, 5.41) is 3.64. The van der Waals surface area contributed by atoms with E-state index >= 15 is 0 Å². The number of hydrogen-bond donors (Lipinski definition) is 1. The van der Waals surface area contributed by atoms with E-state index in [0.29, 0.717) is 0 Å². The van der Waals surface area contributed by atoms with Crippen LogP contribution in [0.1, 0.15) is 128 Å². The van der Waals surface area contributed by atoms with Crippen LogP contribution in [0, 0.1) is 0 Å². The van der Waals surface area contributed by atoms with Crippen LogP contribution >= 0.6 is 0 Å². The van der Waals surface area contributed by atoms with E-state index in [9.17, 15) is 0 Å². The fourth-order valence-corrected chi connectivity index (χ4v) is 4.15. The number of benzene rings is 1. The van der Waals surface area contributed by atoms with Gasteiger partial charge in [0, 0.05) is 0 Å². The van der Waals surface area contributed by atoms with Crippen molar-refractivity contribution in [3.8, 4) is 0 Å². The summed E-state index contributed by atoms with van der Waals surface area (Å²) in [6.07, 6.45) is 26.8. The van der Waals surface area contributed by atoms with Crippen molar-refractivity contribution in [1.29, 1.82) is 0 Å². The standard InChI is InChI=1S/C28H51N/c1-2-3-4-5-6-9-12-15-21-26-29-27-22-16-13-10-7-8-11-14-18-23-28-24-19-17-20-25-28/h17,19-20,24-25,29H,2-16,18,21-23,26-27H2,1H3. The Hall–Kier alpha value is -0.820. The van der Waals surface area contributed by atoms with Gasteiger partial charge in [-0.25, -0.2) is 0 Å². The number of aryl methyl sites for hydroxylation is 1. The Morgan fingerprint density at radius 2 is 0.897 bits per heavy atom. The summed E-state index contributed by atoms with van der Waals surface area (Å²) in [5.41, 5.74) is 1.50. The molecular weight excluding hydrogens is 350 g/mol. The molecule has 0 unspecified atom stereocenters. The molecule has 0 bridgehead atoms. The minimum Gasteiger partial charge on any atom is -0.317 e. The molecule has 0 spiro atoms. The van der Waals surface area contributed by atoms with Gasteiger partial charge in [-0.1, -0.05) is 134 Å². The maximum absolute atomic E-state index is 3.64. The first-order valence-electron chi connectivity index (χ1n) is 13.2. The molecule has 1 heteroatoms. The molecule has 0 radical (unpaired) electrons. The molecule has 0 heterocycles. The maximum atomic E-state index is 3.64. The Morgan fingerprint density at radius 3 is 1.38 bits per heavy atom. The fraction of sp³-hybridized carbons (Fsp3) is 0.786. The molecule has 1 rings (SSSR count). The molecule has 0 amide bonds. The van der Waals surface area contributed by atoms with E-state index in [1.807, 2.05) is 0 Å². The first kappa shape index (κ1) is 26.2. The summed E-state index contributed by atoms with van der Waals surface area (Å²) in [7, 11) is 0. The Labute approximate surface area is 183 Å². The zero-order valence-electron chi connectivity index (χ0n) is 19.7. The van der Waals surface area contributed by atoms with Gasteiger partial charge < -0.3 is 5.32 Å². The lowest BCUT2D eigenvalue weighted by Crippen LogP contribution is -2.16. The van der Waals surface area contributed by atoms with Crippen molar-refractivity contribution < 1.29 is 0 Å². The molecule has 0 atom stereocenters. The van der Waals surface area contributed by atoms with Crippen LogP contribution in [0.5, 0.6) is 0 Å². The number of rotatable bonds is 22. The highest BCUT2D eigenvalue weighted by molar-refractivity contribution is 5.14. The number of unbranched alkanes of at least 4 members (excludes halogenated alkanes) is 16. The Morgan fingerprint density at radius 1 is 0.483 bits per heavy atom. The molecule has 0 saturated carbocycles. The fourth-order valence-electron chi connectivity index (χ4n) is 4.15. The summed E-state index contributed by atoms with van der Waals surface area (Å²) in [4.78, 5) is 0. The lowest BCUT2D eigenvalue weighted by molar-refractivity contribution is 0.527. The van der Waals surface area contributed by atoms with Crippen LogP contribution in [0.25, 0.3) is 0 Å². The number of nitrogens with one attached hydrogen (secondary N) is 1. The summed E-state index contributed by atoms with van der Waals surface area (Å²) >= 11 is 0. The normalized spacial score (nSPS) is 11.2. The minimum absolute atomic E-state index is 1.23. The highest BCUT2D eigenvalue weighted by Gasteiger charge is 1.96. The van der Waals surface area contributed by atoms with Crippen LogP contribution < -0.4 is 5.32 Å². The molecule has 0 aliphatic heterocycles. The van der Waals surface area contributed by atoms with Crippen molar-refractivity contribution in [2.45, 2.75) is 129 Å². The molecule has 0 saturated heterocycles. The van der Waals surface area contributed by atoms with Crippen molar-refractivity contribution in [1.82, 2.24) is 5.32 Å². The lowest BCUT2D eigenvalue weighted by Gasteiger charge is -2.06. The molecule has 0 aromatic heterocycles. The minimum atomic E-state index is 1.23. The predicted molar refractivity (Wildman–Crippen MR) is 132 cm³/mol. The molecule has 1 aromatic rings. The second kappa shape index (κ2) is 21.9. The van der Waals surface area contributed by atoms with Gasteiger partial charge in [0.2, 0.25) is 0 Å². The summed E-state index contributed by atoms with van der Waals surface area (Å²) in [6, 6.07) is 10.9. The van der Waals surface area contributed by atoms with Crippen LogP contribution in [-0.4, -0.2) is 13.1 Å². The van der Waals surface area contributed by atoms with Gasteiger partial charge in [0.1, 0.15) is 0 Å². The third kappa shape index (κ3) is 18.9. The monoisotopic (exact) mass is 401 g/mol. The predicted octanol–water partition coefficient (Wildman–Crippen LogP) is 8.86. The summed E-state index contributed by atoms with van der Waals surface area (Å²) < 4.78 is 0. The molecule has 0 aliphatic rings. The Kier molecular flexibility index (Phi) is 19.8. The average molecular weight is 402 g/mol. The zero-order chi connectivity index (χ0) is 20.7. The summed E-state index contributed by atoms with van der Waals surface area (Å²) in [6.45, 7) is 4.76. The molecular formula is C28H51N. The Bertz CT molecular complexity index is 414. The van der Waals surface area contributed by atoms with Gasteiger partial charge in [0.05, 0.1) is 0 Å². The van der Waals surface area contributed by atoms with Crippen LogP contribution in [0.2, 0.25) is 0 Å². The van der Waals surface area contributed by atoms with E-state index in [4.69, 9.17) is 0 Å². The van der Waals surface area contributed by atoms with Gasteiger partial charge in [-0.05, 0) is 44.3 Å². The van der Waals surface area contributed by atoms with Gasteiger partial charge in [-0.3, -0.25) is 0 Å². The second-order valence-corrected chi connectivity index (χ2v) is 9.00. The smallest absolute Gasteiger partial charge is 0.00489 e. The number of hydrogen-bond acceptors (Lipinski definition) is 1. The van der Waals surface area contributed by atoms with Crippen LogP contribution in [0.15, 0.2) is 30.3 Å². The van der Waals surface area contributed by atoms with E-state index in [2.05, 4.69) is 42.6 Å². The topological polar surface area (TPSA) is 12.0 Å². The quantitative estimate of drug-likeness (QED) is 0.191. The van der Waals surface area contributed by atoms with E-state index in [1.54, 1.807) is 0 Å². The van der Waals surface area contributed by atoms with Gasteiger partial charge in [0.15, 0.2) is 0 Å². The van der Waals surface area contributed by atoms with Crippen molar-refractivity contribution in [2.24, 2.45) is 0 Å². The Balaban J connectivity index is 1.66. The van der Waals surface area contributed by atoms with Crippen molar-refractivity contribution in [2.75, 3.05) is 13.1 Å². The van der Waals surface area contributed by atoms with Gasteiger partial charge in [0.25, 0.3) is 0 Å². The highest BCUT2D eigenvalue weighted by atomic mass is 14.8. The first-order valence-corrected chi connectivity index (χ1v) is 13.2. The molecule has 1 nitrogen and oxygen atoms in total. The highest BCUT2D eigenvalue weighted by Crippen LogP contribution is 2.12. The summed E-state index contributed by atoms with van der Waals surface area (Å²) in [5.74, 6) is 0. The van der Waals surface area contributed by atoms with Crippen LogP contribution in [0.3, 0.4) is 0 Å². The van der Waals surface area contributed by atoms with Gasteiger partial charge in [-0.2, -0.15) is 0 Å². The lowest BCUT2D eigenvalue weighted by atomic mass is 10.0. The average Bonchev–Trinajstić information content (AvgIpc) is 2.75. The van der Waals surface area contributed by atoms with Crippen LogP contribution in [-0.2, 0) is 6.42 Å². The molecule has 168 valence electrons. The largest absolute Gasteiger partial charge is 0.317 e. The van der Waals surface area contributed by atoms with E-state index in [1.165, 1.54) is 141 Å². The van der Waals surface area contributed by atoms with E-state index in [0.717, 1.165) is 0 Å². The molecule has 0 fully saturated rings. The first-order chi connectivity index (χ1) is 14.4. The van der Waals surface area contributed by atoms with Crippen molar-refractivity contribution in [3.05, 3.63) is 35.9 Å². The molecule has 1 aromatic carbocycles. The van der Waals surface area contributed by atoms with E-state index < -0.39 is 0 Å². The van der Waals surface area contributed by atoms with Gasteiger partial charge >= 0.3 is 0 Å². The molecule has 29 heavy (non-hydrogen) atoms. The zero-order valence-corrected chi connectivity index (χ0v) is 19.7. The molecule has 1 N–H and O–H groups in total. The SMILES string of the molecule is CCCCCCCCCCCNCCCCCCCCCCCc1ccccc1. The third-order valence-corrected chi connectivity index (χ3v) is 6.12. The van der Waals surface area contributed by atoms with Crippen molar-refractivity contribution in [3.63, 3.8) is 0 Å². The third-order valence-electron chi connectivity index (χ3n) is 6.12.